The van der Waals surface area contributed by atoms with Crippen LogP contribution in [0.3, 0.4) is 0 Å². The predicted molar refractivity (Wildman–Crippen MR) is 127 cm³/mol. The van der Waals surface area contributed by atoms with Crippen molar-refractivity contribution in [3.05, 3.63) is 54.2 Å². The number of rotatable bonds is 4. The van der Waals surface area contributed by atoms with Gasteiger partial charge in [-0.25, -0.2) is 4.98 Å². The number of hydrogen-bond acceptors (Lipinski definition) is 5. The molecule has 2 amide bonds. The standard InChI is InChI=1S/C22H27N5O2.2ClH/c1-25(18-6-3-2-4-7-18)20-10-9-17(14-24-20)22(29)26-12-5-8-19(16-26)27-13-11-23-15-21(27)28;;/h2-4,6-7,9-10,14,19,23H,5,8,11-13,15-16H2,1H3;2*1H. The number of aromatic nitrogens is 1. The third kappa shape index (κ3) is 5.67. The number of hydrogen-bond donors (Lipinski definition) is 1. The van der Waals surface area contributed by atoms with Gasteiger partial charge in [0, 0.05) is 51.2 Å². The highest BCUT2D eigenvalue weighted by Gasteiger charge is 2.32. The Kier molecular flexibility index (Phi) is 9.10. The fourth-order valence-corrected chi connectivity index (χ4v) is 4.08. The SMILES string of the molecule is CN(c1ccccc1)c1ccc(C(=O)N2CCCC(N3CCNCC3=O)C2)cn1.Cl.Cl. The molecule has 2 aliphatic rings. The van der Waals surface area contributed by atoms with E-state index < -0.39 is 0 Å². The zero-order valence-corrected chi connectivity index (χ0v) is 19.2. The van der Waals surface area contributed by atoms with Gasteiger partial charge in [-0.05, 0) is 37.1 Å². The van der Waals surface area contributed by atoms with Gasteiger partial charge in [0.05, 0.1) is 12.1 Å². The smallest absolute Gasteiger partial charge is 0.255 e. The predicted octanol–water partition coefficient (Wildman–Crippen LogP) is 2.73. The Hall–Kier alpha value is -2.35. The van der Waals surface area contributed by atoms with Crippen LogP contribution < -0.4 is 10.2 Å². The van der Waals surface area contributed by atoms with Crippen molar-refractivity contribution >= 4 is 48.1 Å². The summed E-state index contributed by atoms with van der Waals surface area (Å²) in [6.07, 6.45) is 3.52. The number of piperazine rings is 1. The molecule has 1 N–H and O–H groups in total. The van der Waals surface area contributed by atoms with Crippen molar-refractivity contribution < 1.29 is 9.59 Å². The first-order valence-corrected chi connectivity index (χ1v) is 10.2. The van der Waals surface area contributed by atoms with E-state index in [4.69, 9.17) is 0 Å². The summed E-state index contributed by atoms with van der Waals surface area (Å²) in [6.45, 7) is 3.24. The summed E-state index contributed by atoms with van der Waals surface area (Å²) < 4.78 is 0. The topological polar surface area (TPSA) is 68.8 Å². The second-order valence-corrected chi connectivity index (χ2v) is 7.61. The van der Waals surface area contributed by atoms with Crippen LogP contribution in [0.1, 0.15) is 23.2 Å². The number of piperidine rings is 1. The molecule has 9 heteroatoms. The summed E-state index contributed by atoms with van der Waals surface area (Å²) in [5.74, 6) is 0.903. The number of benzene rings is 1. The molecule has 1 unspecified atom stereocenters. The average Bonchev–Trinajstić information content (AvgIpc) is 2.79. The van der Waals surface area contributed by atoms with Gasteiger partial charge in [-0.15, -0.1) is 24.8 Å². The molecule has 31 heavy (non-hydrogen) atoms. The third-order valence-electron chi connectivity index (χ3n) is 5.73. The normalized spacial score (nSPS) is 18.6. The lowest BCUT2D eigenvalue weighted by Crippen LogP contribution is -2.57. The quantitative estimate of drug-likeness (QED) is 0.751. The zero-order chi connectivity index (χ0) is 20.2. The number of nitrogens with zero attached hydrogens (tertiary/aromatic N) is 4. The molecular formula is C22H29Cl2N5O2. The second-order valence-electron chi connectivity index (χ2n) is 7.61. The summed E-state index contributed by atoms with van der Waals surface area (Å²) in [5, 5.41) is 3.11. The van der Waals surface area contributed by atoms with Crippen LogP contribution in [-0.2, 0) is 4.79 Å². The van der Waals surface area contributed by atoms with Crippen molar-refractivity contribution in [2.45, 2.75) is 18.9 Å². The average molecular weight is 466 g/mol. The summed E-state index contributed by atoms with van der Waals surface area (Å²) in [4.78, 5) is 35.5. The Morgan fingerprint density at radius 1 is 1.13 bits per heavy atom. The maximum atomic E-state index is 13.0. The molecule has 2 aromatic rings. The largest absolute Gasteiger partial charge is 0.337 e. The number of anilines is 2. The molecule has 1 aromatic carbocycles. The Bertz CT molecular complexity index is 866. The summed E-state index contributed by atoms with van der Waals surface area (Å²) in [6, 6.07) is 13.8. The molecule has 7 nitrogen and oxygen atoms in total. The highest BCUT2D eigenvalue weighted by Crippen LogP contribution is 2.22. The number of nitrogens with one attached hydrogen (secondary N) is 1. The van der Waals surface area contributed by atoms with Crippen LogP contribution in [0.5, 0.6) is 0 Å². The molecule has 0 aliphatic carbocycles. The minimum absolute atomic E-state index is 0. The molecule has 0 spiro atoms. The van der Waals surface area contributed by atoms with E-state index in [0.29, 0.717) is 25.2 Å². The molecule has 2 fully saturated rings. The van der Waals surface area contributed by atoms with Crippen molar-refractivity contribution in [1.29, 1.82) is 0 Å². The number of para-hydroxylation sites is 1. The molecule has 4 rings (SSSR count). The van der Waals surface area contributed by atoms with E-state index in [-0.39, 0.29) is 42.7 Å². The first-order valence-electron chi connectivity index (χ1n) is 10.2. The van der Waals surface area contributed by atoms with Crippen LogP contribution in [0.25, 0.3) is 0 Å². The Labute approximate surface area is 195 Å². The summed E-state index contributed by atoms with van der Waals surface area (Å²) >= 11 is 0. The van der Waals surface area contributed by atoms with E-state index >= 15 is 0 Å². The molecule has 0 radical (unpaired) electrons. The molecule has 0 bridgehead atoms. The van der Waals surface area contributed by atoms with Crippen molar-refractivity contribution in [3.63, 3.8) is 0 Å². The molecular weight excluding hydrogens is 437 g/mol. The number of halogens is 2. The van der Waals surface area contributed by atoms with Gasteiger partial charge in [0.2, 0.25) is 5.91 Å². The van der Waals surface area contributed by atoms with Crippen LogP contribution in [0.15, 0.2) is 48.7 Å². The lowest BCUT2D eigenvalue weighted by molar-refractivity contribution is -0.135. The van der Waals surface area contributed by atoms with Gasteiger partial charge in [0.15, 0.2) is 0 Å². The zero-order valence-electron chi connectivity index (χ0n) is 17.6. The third-order valence-corrected chi connectivity index (χ3v) is 5.73. The van der Waals surface area contributed by atoms with E-state index in [9.17, 15) is 9.59 Å². The lowest BCUT2D eigenvalue weighted by Gasteiger charge is -2.41. The van der Waals surface area contributed by atoms with E-state index in [1.165, 1.54) is 0 Å². The van der Waals surface area contributed by atoms with E-state index in [1.807, 2.05) is 64.2 Å². The van der Waals surface area contributed by atoms with Crippen molar-refractivity contribution in [2.75, 3.05) is 44.7 Å². The van der Waals surface area contributed by atoms with Gasteiger partial charge in [-0.1, -0.05) is 18.2 Å². The van der Waals surface area contributed by atoms with E-state index in [0.717, 1.165) is 37.4 Å². The van der Waals surface area contributed by atoms with Crippen LogP contribution in [0, 0.1) is 0 Å². The first kappa shape index (κ1) is 24.9. The van der Waals surface area contributed by atoms with Gasteiger partial charge in [0.25, 0.3) is 5.91 Å². The summed E-state index contributed by atoms with van der Waals surface area (Å²) in [5.41, 5.74) is 1.63. The summed E-state index contributed by atoms with van der Waals surface area (Å²) in [7, 11) is 1.96. The van der Waals surface area contributed by atoms with Crippen LogP contribution in [0.2, 0.25) is 0 Å². The second kappa shape index (κ2) is 11.3. The number of carbonyl (C=O) groups excluding carboxylic acids is 2. The Morgan fingerprint density at radius 3 is 2.58 bits per heavy atom. The molecule has 0 saturated carbocycles. The molecule has 2 aliphatic heterocycles. The molecule has 168 valence electrons. The lowest BCUT2D eigenvalue weighted by atomic mass is 10.0. The number of carbonyl (C=O) groups is 2. The van der Waals surface area contributed by atoms with Crippen molar-refractivity contribution in [2.24, 2.45) is 0 Å². The number of amides is 2. The fourth-order valence-electron chi connectivity index (χ4n) is 4.08. The number of likely N-dealkylation sites (tertiary alicyclic amines) is 1. The fraction of sp³-hybridized carbons (Fsp3) is 0.409. The van der Waals surface area contributed by atoms with Crippen molar-refractivity contribution in [1.82, 2.24) is 20.1 Å². The van der Waals surface area contributed by atoms with Gasteiger partial charge >= 0.3 is 0 Å². The minimum Gasteiger partial charge on any atom is -0.337 e. The number of pyridine rings is 1. The first-order chi connectivity index (χ1) is 14.1. The molecule has 2 saturated heterocycles. The highest BCUT2D eigenvalue weighted by molar-refractivity contribution is 5.94. The van der Waals surface area contributed by atoms with Crippen molar-refractivity contribution in [3.8, 4) is 0 Å². The molecule has 1 atom stereocenters. The van der Waals surface area contributed by atoms with E-state index in [1.54, 1.807) is 6.20 Å². The van der Waals surface area contributed by atoms with Crippen LogP contribution in [0.4, 0.5) is 11.5 Å². The Balaban J connectivity index is 0.00000171. The maximum Gasteiger partial charge on any atom is 0.255 e. The monoisotopic (exact) mass is 465 g/mol. The maximum absolute atomic E-state index is 13.0. The van der Waals surface area contributed by atoms with Gasteiger partial charge < -0.3 is 20.0 Å². The van der Waals surface area contributed by atoms with Crippen LogP contribution >= 0.6 is 24.8 Å². The van der Waals surface area contributed by atoms with Gasteiger partial charge in [-0.3, -0.25) is 9.59 Å². The highest BCUT2D eigenvalue weighted by atomic mass is 35.5. The van der Waals surface area contributed by atoms with Gasteiger partial charge in [-0.2, -0.15) is 0 Å². The van der Waals surface area contributed by atoms with Crippen LogP contribution in [-0.4, -0.2) is 72.4 Å². The molecule has 1 aromatic heterocycles. The van der Waals surface area contributed by atoms with Gasteiger partial charge in [0.1, 0.15) is 5.82 Å². The Morgan fingerprint density at radius 2 is 1.90 bits per heavy atom. The molecule has 3 heterocycles. The van der Waals surface area contributed by atoms with E-state index in [2.05, 4.69) is 10.3 Å². The minimum atomic E-state index is -0.0151.